The van der Waals surface area contributed by atoms with Gasteiger partial charge in [-0.25, -0.2) is 4.98 Å². The summed E-state index contributed by atoms with van der Waals surface area (Å²) < 4.78 is 0. The summed E-state index contributed by atoms with van der Waals surface area (Å²) in [6, 6.07) is 1.94. The normalized spacial score (nSPS) is 13.7. The molecule has 0 bridgehead atoms. The second-order valence-corrected chi connectivity index (χ2v) is 5.34. The van der Waals surface area contributed by atoms with Crippen LogP contribution in [0.1, 0.15) is 19.3 Å². The first kappa shape index (κ1) is 16.3. The first-order chi connectivity index (χ1) is 9.41. The number of pyridine rings is 1. The molecule has 0 amide bonds. The lowest BCUT2D eigenvalue weighted by Crippen LogP contribution is -2.30. The molecule has 0 aliphatic carbocycles. The average Bonchev–Trinajstić information content (AvgIpc) is 2.38. The summed E-state index contributed by atoms with van der Waals surface area (Å²) in [6.45, 7) is 0. The number of aromatic nitrogens is 1. The van der Waals surface area contributed by atoms with Crippen molar-refractivity contribution < 1.29 is 14.8 Å². The van der Waals surface area contributed by atoms with Gasteiger partial charge in [0, 0.05) is 12.3 Å². The van der Waals surface area contributed by atoms with Gasteiger partial charge >= 0.3 is 11.7 Å². The third-order valence-corrected chi connectivity index (χ3v) is 3.61. The Labute approximate surface area is 119 Å². The van der Waals surface area contributed by atoms with E-state index in [1.54, 1.807) is 0 Å². The van der Waals surface area contributed by atoms with E-state index in [1.807, 2.05) is 0 Å². The molecule has 0 aliphatic rings. The number of carboxylic acid groups (broad SMARTS) is 1. The number of thioether (sulfide) groups is 1. The van der Waals surface area contributed by atoms with Crippen molar-refractivity contribution in [3.05, 3.63) is 28.4 Å². The molecule has 8 nitrogen and oxygen atoms in total. The maximum Gasteiger partial charge on any atom is 0.320 e. The van der Waals surface area contributed by atoms with Crippen LogP contribution in [-0.2, 0) is 4.79 Å². The van der Waals surface area contributed by atoms with Gasteiger partial charge in [0.1, 0.15) is 6.04 Å². The molecule has 1 heterocycles. The number of hydrogen-bond donors (Lipinski definition) is 3. The summed E-state index contributed by atoms with van der Waals surface area (Å²) in [5.74, 6) is -1.05. The van der Waals surface area contributed by atoms with Crippen molar-refractivity contribution in [1.29, 1.82) is 0 Å². The van der Waals surface area contributed by atoms with E-state index >= 15 is 0 Å². The number of aliphatic carboxylic acids is 1. The van der Waals surface area contributed by atoms with E-state index in [4.69, 9.17) is 16.6 Å². The zero-order chi connectivity index (χ0) is 15.1. The molecule has 5 N–H and O–H groups in total. The van der Waals surface area contributed by atoms with Crippen molar-refractivity contribution in [2.75, 3.05) is 0 Å². The summed E-state index contributed by atoms with van der Waals surface area (Å²) in [4.78, 5) is 24.8. The van der Waals surface area contributed by atoms with Crippen LogP contribution in [0.2, 0.25) is 0 Å². The maximum absolute atomic E-state index is 10.8. The monoisotopic (exact) mass is 300 g/mol. The second kappa shape index (κ2) is 7.78. The third-order valence-electron chi connectivity index (χ3n) is 2.53. The molecule has 0 radical (unpaired) electrons. The summed E-state index contributed by atoms with van der Waals surface area (Å²) >= 11 is 1.10. The van der Waals surface area contributed by atoms with Crippen LogP contribution < -0.4 is 11.5 Å². The lowest BCUT2D eigenvalue weighted by molar-refractivity contribution is -0.388. The topological polar surface area (TPSA) is 145 Å². The minimum absolute atomic E-state index is 0.0878. The number of nitrogens with two attached hydrogens (primary N) is 2. The van der Waals surface area contributed by atoms with E-state index in [0.29, 0.717) is 19.3 Å². The van der Waals surface area contributed by atoms with Crippen LogP contribution in [0.3, 0.4) is 0 Å². The summed E-state index contributed by atoms with van der Waals surface area (Å²) in [5.41, 5.74) is 11.1. The molecule has 9 heteroatoms. The molecule has 0 aromatic carbocycles. The van der Waals surface area contributed by atoms with E-state index in [9.17, 15) is 14.9 Å². The zero-order valence-corrected chi connectivity index (χ0v) is 11.5. The largest absolute Gasteiger partial charge is 0.480 e. The highest BCUT2D eigenvalue weighted by Crippen LogP contribution is 2.29. The second-order valence-electron chi connectivity index (χ2n) is 4.12. The van der Waals surface area contributed by atoms with Crippen LogP contribution in [0.4, 0.5) is 5.69 Å². The SMILES string of the molecule is NC(CCC[C@H](N)C(=O)O)Sc1ncccc1[N+](=O)[O-]. The fourth-order valence-corrected chi connectivity index (χ4v) is 2.43. The molecule has 110 valence electrons. The first-order valence-electron chi connectivity index (χ1n) is 5.92. The molecule has 0 fully saturated rings. The number of rotatable bonds is 8. The number of hydrogen-bond acceptors (Lipinski definition) is 7. The smallest absolute Gasteiger partial charge is 0.320 e. The number of nitrogens with zero attached hydrogens (tertiary/aromatic N) is 2. The Bertz CT molecular complexity index is 485. The van der Waals surface area contributed by atoms with Crippen LogP contribution in [0.25, 0.3) is 0 Å². The maximum atomic E-state index is 10.8. The van der Waals surface area contributed by atoms with Gasteiger partial charge in [0.25, 0.3) is 0 Å². The lowest BCUT2D eigenvalue weighted by atomic mass is 10.1. The Balaban J connectivity index is 2.49. The number of nitro groups is 1. The highest BCUT2D eigenvalue weighted by molar-refractivity contribution is 7.99. The molecular weight excluding hydrogens is 284 g/mol. The van der Waals surface area contributed by atoms with Crippen molar-refractivity contribution in [1.82, 2.24) is 4.98 Å². The van der Waals surface area contributed by atoms with E-state index in [0.717, 1.165) is 11.8 Å². The van der Waals surface area contributed by atoms with Crippen molar-refractivity contribution >= 4 is 23.4 Å². The lowest BCUT2D eigenvalue weighted by Gasteiger charge is -2.11. The average molecular weight is 300 g/mol. The van der Waals surface area contributed by atoms with Gasteiger partial charge in [0.05, 0.1) is 10.3 Å². The highest BCUT2D eigenvalue weighted by atomic mass is 32.2. The van der Waals surface area contributed by atoms with Crippen molar-refractivity contribution in [3.63, 3.8) is 0 Å². The molecule has 1 aromatic rings. The molecule has 0 saturated carbocycles. The molecule has 20 heavy (non-hydrogen) atoms. The Morgan fingerprint density at radius 1 is 1.50 bits per heavy atom. The van der Waals surface area contributed by atoms with Crippen LogP contribution in [-0.4, -0.2) is 32.4 Å². The summed E-state index contributed by atoms with van der Waals surface area (Å²) in [5, 5.41) is 19.3. The van der Waals surface area contributed by atoms with Gasteiger partial charge in [0.2, 0.25) is 0 Å². The molecule has 2 atom stereocenters. The highest BCUT2D eigenvalue weighted by Gasteiger charge is 2.18. The quantitative estimate of drug-likeness (QED) is 0.278. The molecule has 0 aliphatic heterocycles. The molecule has 0 spiro atoms. The van der Waals surface area contributed by atoms with Gasteiger partial charge < -0.3 is 16.6 Å². The van der Waals surface area contributed by atoms with Crippen LogP contribution >= 0.6 is 11.8 Å². The molecule has 0 saturated heterocycles. The van der Waals surface area contributed by atoms with Crippen LogP contribution in [0.15, 0.2) is 23.4 Å². The minimum Gasteiger partial charge on any atom is -0.480 e. The number of carboxylic acids is 1. The molecule has 1 unspecified atom stereocenters. The van der Waals surface area contributed by atoms with Crippen LogP contribution in [0.5, 0.6) is 0 Å². The Hall–Kier alpha value is -1.71. The van der Waals surface area contributed by atoms with Gasteiger partial charge in [-0.1, -0.05) is 11.8 Å². The Morgan fingerprint density at radius 3 is 2.80 bits per heavy atom. The van der Waals surface area contributed by atoms with Gasteiger partial charge in [0.15, 0.2) is 5.03 Å². The van der Waals surface area contributed by atoms with Gasteiger partial charge in [-0.2, -0.15) is 0 Å². The fraction of sp³-hybridized carbons (Fsp3) is 0.455. The fourth-order valence-electron chi connectivity index (χ4n) is 1.48. The van der Waals surface area contributed by atoms with Crippen molar-refractivity contribution in [3.8, 4) is 0 Å². The standard InChI is InChI=1S/C11H16N4O4S/c12-7(11(16)17)3-1-5-9(13)20-10-8(15(18)19)4-2-6-14-10/h2,4,6-7,9H,1,3,5,12-13H2,(H,16,17)/t7-,9?/m0/s1. The van der Waals surface area contributed by atoms with E-state index < -0.39 is 22.3 Å². The van der Waals surface area contributed by atoms with Gasteiger partial charge in [-0.3, -0.25) is 14.9 Å². The van der Waals surface area contributed by atoms with Gasteiger partial charge in [-0.05, 0) is 25.3 Å². The third kappa shape index (κ3) is 5.11. The van der Waals surface area contributed by atoms with Crippen LogP contribution in [0, 0.1) is 10.1 Å². The summed E-state index contributed by atoms with van der Waals surface area (Å²) in [7, 11) is 0. The minimum atomic E-state index is -1.05. The predicted molar refractivity (Wildman–Crippen MR) is 74.2 cm³/mol. The van der Waals surface area contributed by atoms with Gasteiger partial charge in [-0.15, -0.1) is 0 Å². The molecule has 1 rings (SSSR count). The first-order valence-corrected chi connectivity index (χ1v) is 6.79. The summed E-state index contributed by atoms with van der Waals surface area (Å²) in [6.07, 6.45) is 2.80. The van der Waals surface area contributed by atoms with E-state index in [-0.39, 0.29) is 10.7 Å². The van der Waals surface area contributed by atoms with E-state index in [1.165, 1.54) is 18.3 Å². The zero-order valence-electron chi connectivity index (χ0n) is 10.6. The van der Waals surface area contributed by atoms with E-state index in [2.05, 4.69) is 4.98 Å². The Morgan fingerprint density at radius 2 is 2.20 bits per heavy atom. The Kier molecular flexibility index (Phi) is 6.36. The van der Waals surface area contributed by atoms with Crippen molar-refractivity contribution in [2.24, 2.45) is 11.5 Å². The molecule has 1 aromatic heterocycles. The molecular formula is C11H16N4O4S. The number of carbonyl (C=O) groups is 1. The predicted octanol–water partition coefficient (Wildman–Crippen LogP) is 0.949. The van der Waals surface area contributed by atoms with Crippen molar-refractivity contribution in [2.45, 2.75) is 35.7 Å².